The van der Waals surface area contributed by atoms with Crippen molar-refractivity contribution < 1.29 is 32.6 Å². The standard InChI is InChI=1S/C29H27F2N3O5/c1-16-12-24(39-23-8-11-32-22-15-26(38-3)25(37-2)13-19(22)23)20(31)14-21(16)34-28(36)29(9-10-29)27(35)33-18-6-4-17(30)5-7-18/h4-8,12-15,32H,9-11H2,1-3H3,(H,33,35)(H,34,36). The van der Waals surface area contributed by atoms with Crippen molar-refractivity contribution in [2.45, 2.75) is 19.8 Å². The lowest BCUT2D eigenvalue weighted by atomic mass is 10.0. The number of carbonyl (C=O) groups is 2. The summed E-state index contributed by atoms with van der Waals surface area (Å²) in [6.45, 7) is 2.17. The number of hydrogen-bond acceptors (Lipinski definition) is 6. The summed E-state index contributed by atoms with van der Waals surface area (Å²) in [7, 11) is 3.07. The van der Waals surface area contributed by atoms with Gasteiger partial charge in [0.1, 0.15) is 17.0 Å². The molecule has 5 rings (SSSR count). The molecule has 1 fully saturated rings. The van der Waals surface area contributed by atoms with Crippen molar-refractivity contribution in [1.82, 2.24) is 0 Å². The number of methoxy groups -OCH3 is 2. The van der Waals surface area contributed by atoms with Gasteiger partial charge in [-0.15, -0.1) is 0 Å². The molecule has 1 saturated carbocycles. The molecular formula is C29H27F2N3O5. The van der Waals surface area contributed by atoms with Gasteiger partial charge in [0.15, 0.2) is 23.1 Å². The molecule has 0 saturated heterocycles. The maximum atomic E-state index is 15.2. The molecule has 0 aromatic heterocycles. The lowest BCUT2D eigenvalue weighted by Gasteiger charge is -2.22. The van der Waals surface area contributed by atoms with Gasteiger partial charge in [0.2, 0.25) is 11.8 Å². The lowest BCUT2D eigenvalue weighted by molar-refractivity contribution is -0.131. The van der Waals surface area contributed by atoms with Gasteiger partial charge in [-0.3, -0.25) is 9.59 Å². The van der Waals surface area contributed by atoms with Gasteiger partial charge in [-0.05, 0) is 67.8 Å². The summed E-state index contributed by atoms with van der Waals surface area (Å²) in [5, 5.41) is 8.57. The Hall–Kier alpha value is -4.60. The maximum Gasteiger partial charge on any atom is 0.240 e. The first-order valence-corrected chi connectivity index (χ1v) is 12.3. The molecular weight excluding hydrogens is 508 g/mol. The van der Waals surface area contributed by atoms with Crippen LogP contribution in [0, 0.1) is 24.0 Å². The van der Waals surface area contributed by atoms with Crippen LogP contribution in [0.15, 0.2) is 54.6 Å². The van der Waals surface area contributed by atoms with Crippen LogP contribution in [-0.4, -0.2) is 32.6 Å². The molecule has 2 aliphatic rings. The third kappa shape index (κ3) is 5.09. The van der Waals surface area contributed by atoms with Crippen LogP contribution in [0.3, 0.4) is 0 Å². The normalized spacial score (nSPS) is 14.7. The number of anilines is 3. The van der Waals surface area contributed by atoms with Gasteiger partial charge in [-0.2, -0.15) is 0 Å². The minimum absolute atomic E-state index is 0.0189. The molecule has 2 amide bonds. The second kappa shape index (κ2) is 10.3. The van der Waals surface area contributed by atoms with Gasteiger partial charge in [0, 0.05) is 41.3 Å². The number of halogens is 2. The molecule has 0 spiro atoms. The fourth-order valence-electron chi connectivity index (χ4n) is 4.38. The van der Waals surface area contributed by atoms with Crippen molar-refractivity contribution in [1.29, 1.82) is 0 Å². The van der Waals surface area contributed by atoms with E-state index in [0.29, 0.717) is 53.5 Å². The molecule has 3 aromatic carbocycles. The molecule has 0 atom stereocenters. The number of benzene rings is 3. The smallest absolute Gasteiger partial charge is 0.240 e. The largest absolute Gasteiger partial charge is 0.493 e. The van der Waals surface area contributed by atoms with Crippen LogP contribution < -0.4 is 30.2 Å². The number of ether oxygens (including phenoxy) is 3. The summed E-state index contributed by atoms with van der Waals surface area (Å²) in [6, 6.07) is 11.5. The predicted octanol–water partition coefficient (Wildman–Crippen LogP) is 5.49. The van der Waals surface area contributed by atoms with E-state index in [1.807, 2.05) is 0 Å². The maximum absolute atomic E-state index is 15.2. The van der Waals surface area contributed by atoms with E-state index in [9.17, 15) is 14.0 Å². The van der Waals surface area contributed by atoms with Crippen LogP contribution in [0.1, 0.15) is 24.0 Å². The minimum atomic E-state index is -1.27. The minimum Gasteiger partial charge on any atom is -0.493 e. The van der Waals surface area contributed by atoms with Crippen molar-refractivity contribution in [2.75, 3.05) is 36.7 Å². The van der Waals surface area contributed by atoms with Gasteiger partial charge < -0.3 is 30.2 Å². The van der Waals surface area contributed by atoms with Crippen molar-refractivity contribution >= 4 is 34.6 Å². The SMILES string of the molecule is COc1cc2c(cc1OC)C(Oc1cc(C)c(NC(=O)C3(C(=O)Nc4ccc(F)cc4)CC3)cc1F)=CCN2. The van der Waals surface area contributed by atoms with E-state index in [1.54, 1.807) is 32.2 Å². The highest BCUT2D eigenvalue weighted by Crippen LogP contribution is 2.48. The zero-order valence-electron chi connectivity index (χ0n) is 21.6. The molecule has 0 bridgehead atoms. The number of hydrogen-bond donors (Lipinski definition) is 3. The van der Waals surface area contributed by atoms with E-state index < -0.39 is 28.9 Å². The van der Waals surface area contributed by atoms with Gasteiger partial charge in [0.25, 0.3) is 0 Å². The molecule has 39 heavy (non-hydrogen) atoms. The Kier molecular flexibility index (Phi) is 6.86. The molecule has 1 aliphatic carbocycles. The number of nitrogens with one attached hydrogen (secondary N) is 3. The van der Waals surface area contributed by atoms with Crippen molar-refractivity contribution in [3.63, 3.8) is 0 Å². The Bertz CT molecular complexity index is 1480. The third-order valence-corrected chi connectivity index (χ3v) is 6.84. The molecule has 8 nitrogen and oxygen atoms in total. The topological polar surface area (TPSA) is 97.9 Å². The summed E-state index contributed by atoms with van der Waals surface area (Å²) in [5.41, 5.74) is 1.33. The summed E-state index contributed by atoms with van der Waals surface area (Å²) in [6.07, 6.45) is 2.49. The number of carbonyl (C=O) groups excluding carboxylic acids is 2. The molecule has 0 radical (unpaired) electrons. The van der Waals surface area contributed by atoms with Crippen molar-refractivity contribution in [3.05, 3.63) is 77.4 Å². The van der Waals surface area contributed by atoms with E-state index >= 15 is 4.39 Å². The Balaban J connectivity index is 1.32. The van der Waals surface area contributed by atoms with Crippen LogP contribution in [0.2, 0.25) is 0 Å². The molecule has 3 N–H and O–H groups in total. The van der Waals surface area contributed by atoms with E-state index in [-0.39, 0.29) is 11.4 Å². The van der Waals surface area contributed by atoms with E-state index in [1.165, 1.54) is 43.5 Å². The Morgan fingerprint density at radius 1 is 0.897 bits per heavy atom. The summed E-state index contributed by atoms with van der Waals surface area (Å²) in [4.78, 5) is 25.9. The van der Waals surface area contributed by atoms with E-state index in [4.69, 9.17) is 14.2 Å². The zero-order chi connectivity index (χ0) is 27.7. The Morgan fingerprint density at radius 2 is 1.56 bits per heavy atom. The summed E-state index contributed by atoms with van der Waals surface area (Å²) < 4.78 is 45.1. The van der Waals surface area contributed by atoms with Crippen molar-refractivity contribution in [2.24, 2.45) is 5.41 Å². The lowest BCUT2D eigenvalue weighted by Crippen LogP contribution is -2.35. The summed E-state index contributed by atoms with van der Waals surface area (Å²) >= 11 is 0. The van der Waals surface area contributed by atoms with Crippen LogP contribution in [-0.2, 0) is 9.59 Å². The number of aryl methyl sites for hydroxylation is 1. The second-order valence-electron chi connectivity index (χ2n) is 9.40. The molecule has 1 heterocycles. The highest BCUT2D eigenvalue weighted by molar-refractivity contribution is 6.17. The van der Waals surface area contributed by atoms with E-state index in [0.717, 1.165) is 5.69 Å². The molecule has 0 unspecified atom stereocenters. The first-order valence-electron chi connectivity index (χ1n) is 12.3. The predicted molar refractivity (Wildman–Crippen MR) is 143 cm³/mol. The fourth-order valence-corrected chi connectivity index (χ4v) is 4.38. The Labute approximate surface area is 224 Å². The van der Waals surface area contributed by atoms with Crippen molar-refractivity contribution in [3.8, 4) is 17.2 Å². The number of amides is 2. The van der Waals surface area contributed by atoms with Gasteiger partial charge in [-0.1, -0.05) is 0 Å². The van der Waals surface area contributed by atoms with Gasteiger partial charge in [-0.25, -0.2) is 8.78 Å². The average Bonchev–Trinajstić information content (AvgIpc) is 3.74. The van der Waals surface area contributed by atoms with Gasteiger partial charge in [0.05, 0.1) is 14.2 Å². The van der Waals surface area contributed by atoms with Crippen LogP contribution in [0.5, 0.6) is 17.2 Å². The molecule has 1 aliphatic heterocycles. The van der Waals surface area contributed by atoms with E-state index in [2.05, 4.69) is 16.0 Å². The third-order valence-electron chi connectivity index (χ3n) is 6.84. The van der Waals surface area contributed by atoms with Crippen LogP contribution in [0.25, 0.3) is 5.76 Å². The number of rotatable bonds is 8. The number of fused-ring (bicyclic) bond motifs is 1. The highest BCUT2D eigenvalue weighted by Gasteiger charge is 2.56. The summed E-state index contributed by atoms with van der Waals surface area (Å²) in [5.74, 6) is -0.671. The average molecular weight is 536 g/mol. The highest BCUT2D eigenvalue weighted by atomic mass is 19.1. The molecule has 10 heteroatoms. The van der Waals surface area contributed by atoms with Crippen LogP contribution >= 0.6 is 0 Å². The first kappa shape index (κ1) is 26.0. The van der Waals surface area contributed by atoms with Gasteiger partial charge >= 0.3 is 0 Å². The fraction of sp³-hybridized carbons (Fsp3) is 0.241. The molecule has 3 aromatic rings. The first-order chi connectivity index (χ1) is 18.7. The monoisotopic (exact) mass is 535 g/mol. The zero-order valence-corrected chi connectivity index (χ0v) is 21.6. The van der Waals surface area contributed by atoms with Crippen LogP contribution in [0.4, 0.5) is 25.8 Å². The molecule has 202 valence electrons. The Morgan fingerprint density at radius 3 is 2.23 bits per heavy atom. The quantitative estimate of drug-likeness (QED) is 0.330. The second-order valence-corrected chi connectivity index (χ2v) is 9.40.